The highest BCUT2D eigenvalue weighted by Gasteiger charge is 2.13. The van der Waals surface area contributed by atoms with Crippen molar-refractivity contribution in [1.29, 1.82) is 0 Å². The third-order valence-corrected chi connectivity index (χ3v) is 4.99. The normalized spacial score (nSPS) is 10.3. The molecule has 0 atom stereocenters. The van der Waals surface area contributed by atoms with Gasteiger partial charge in [0.25, 0.3) is 11.8 Å². The highest BCUT2D eigenvalue weighted by atomic mass is 16.2. The molecule has 0 bridgehead atoms. The van der Waals surface area contributed by atoms with E-state index in [-0.39, 0.29) is 24.3 Å². The molecule has 33 heavy (non-hydrogen) atoms. The zero-order chi connectivity index (χ0) is 23.8. The van der Waals surface area contributed by atoms with E-state index in [0.717, 1.165) is 5.56 Å². The molecule has 0 saturated heterocycles. The molecule has 0 aromatic heterocycles. The molecular formula is C26H28N4O3. The number of carbonyl (C=O) groups is 3. The summed E-state index contributed by atoms with van der Waals surface area (Å²) in [6.07, 6.45) is 0. The minimum atomic E-state index is -0.236. The topological polar surface area (TPSA) is 81.8 Å². The van der Waals surface area contributed by atoms with Crippen LogP contribution in [0, 0.1) is 0 Å². The lowest BCUT2D eigenvalue weighted by Gasteiger charge is -2.18. The Kier molecular flexibility index (Phi) is 7.81. The quantitative estimate of drug-likeness (QED) is 0.555. The molecule has 0 spiro atoms. The lowest BCUT2D eigenvalue weighted by molar-refractivity contribution is -0.114. The summed E-state index contributed by atoms with van der Waals surface area (Å²) in [7, 11) is 5.14. The number of amides is 3. The number of benzene rings is 3. The summed E-state index contributed by atoms with van der Waals surface area (Å²) in [5, 5.41) is 5.84. The van der Waals surface area contributed by atoms with Crippen molar-refractivity contribution >= 4 is 29.1 Å². The summed E-state index contributed by atoms with van der Waals surface area (Å²) in [5.41, 5.74) is 3.42. The molecule has 0 aliphatic rings. The summed E-state index contributed by atoms with van der Waals surface area (Å²) in [4.78, 5) is 40.2. The van der Waals surface area contributed by atoms with Gasteiger partial charge in [-0.2, -0.15) is 0 Å². The van der Waals surface area contributed by atoms with E-state index in [2.05, 4.69) is 10.6 Å². The Morgan fingerprint density at radius 2 is 1.42 bits per heavy atom. The van der Waals surface area contributed by atoms with Crippen LogP contribution in [0.1, 0.15) is 26.3 Å². The predicted octanol–water partition coefficient (Wildman–Crippen LogP) is 3.71. The molecule has 3 amide bonds. The molecule has 0 fully saturated rings. The van der Waals surface area contributed by atoms with E-state index >= 15 is 0 Å². The van der Waals surface area contributed by atoms with Crippen LogP contribution >= 0.6 is 0 Å². The Morgan fingerprint density at radius 1 is 0.727 bits per heavy atom. The van der Waals surface area contributed by atoms with Crippen molar-refractivity contribution < 1.29 is 14.4 Å². The molecule has 0 aliphatic heterocycles. The third-order valence-electron chi connectivity index (χ3n) is 4.99. The first-order chi connectivity index (χ1) is 15.8. The van der Waals surface area contributed by atoms with Gasteiger partial charge in [0.15, 0.2) is 0 Å². The number of hydrogen-bond acceptors (Lipinski definition) is 4. The molecular weight excluding hydrogens is 416 g/mol. The molecule has 3 aromatic carbocycles. The van der Waals surface area contributed by atoms with Gasteiger partial charge in [0.1, 0.15) is 0 Å². The minimum absolute atomic E-state index is 0.0376. The monoisotopic (exact) mass is 444 g/mol. The number of hydrogen-bond donors (Lipinski definition) is 2. The maximum atomic E-state index is 12.8. The Labute approximate surface area is 194 Å². The van der Waals surface area contributed by atoms with Gasteiger partial charge in [-0.25, -0.2) is 0 Å². The SMILES string of the molecule is CN(C)C(=O)c1ccc(NC(=O)CNc2cccc(C(=O)N(C)Cc3ccccc3)c2)cc1. The van der Waals surface area contributed by atoms with Crippen LogP contribution < -0.4 is 10.6 Å². The Bertz CT molecular complexity index is 1110. The van der Waals surface area contributed by atoms with Crippen LogP contribution in [0.2, 0.25) is 0 Å². The number of carbonyl (C=O) groups excluding carboxylic acids is 3. The smallest absolute Gasteiger partial charge is 0.253 e. The molecule has 0 radical (unpaired) electrons. The second kappa shape index (κ2) is 10.9. The molecule has 0 unspecified atom stereocenters. The van der Waals surface area contributed by atoms with Gasteiger partial charge in [-0.15, -0.1) is 0 Å². The molecule has 7 heteroatoms. The summed E-state index contributed by atoms with van der Waals surface area (Å²) in [6.45, 7) is 0.550. The first-order valence-corrected chi connectivity index (χ1v) is 10.6. The molecule has 3 aromatic rings. The van der Waals surface area contributed by atoms with Gasteiger partial charge in [0.05, 0.1) is 6.54 Å². The third kappa shape index (κ3) is 6.67. The van der Waals surface area contributed by atoms with E-state index in [1.807, 2.05) is 36.4 Å². The Morgan fingerprint density at radius 3 is 2.09 bits per heavy atom. The molecule has 0 heterocycles. The van der Waals surface area contributed by atoms with Crippen molar-refractivity contribution in [3.05, 3.63) is 95.6 Å². The average Bonchev–Trinajstić information content (AvgIpc) is 2.83. The van der Waals surface area contributed by atoms with E-state index in [1.54, 1.807) is 68.5 Å². The zero-order valence-electron chi connectivity index (χ0n) is 19.0. The lowest BCUT2D eigenvalue weighted by Crippen LogP contribution is -2.26. The molecule has 7 nitrogen and oxygen atoms in total. The highest BCUT2D eigenvalue weighted by Crippen LogP contribution is 2.15. The Balaban J connectivity index is 1.54. The largest absolute Gasteiger partial charge is 0.376 e. The van der Waals surface area contributed by atoms with E-state index in [0.29, 0.717) is 29.0 Å². The lowest BCUT2D eigenvalue weighted by atomic mass is 10.1. The van der Waals surface area contributed by atoms with Gasteiger partial charge in [-0.05, 0) is 48.0 Å². The first kappa shape index (κ1) is 23.5. The summed E-state index contributed by atoms with van der Waals surface area (Å²) >= 11 is 0. The van der Waals surface area contributed by atoms with Gasteiger partial charge in [-0.1, -0.05) is 36.4 Å². The fraction of sp³-hybridized carbons (Fsp3) is 0.192. The van der Waals surface area contributed by atoms with Crippen molar-refractivity contribution in [2.75, 3.05) is 38.3 Å². The molecule has 0 aliphatic carbocycles. The van der Waals surface area contributed by atoms with Crippen LogP contribution in [-0.2, 0) is 11.3 Å². The fourth-order valence-corrected chi connectivity index (χ4v) is 3.25. The van der Waals surface area contributed by atoms with Crippen LogP contribution in [0.5, 0.6) is 0 Å². The van der Waals surface area contributed by atoms with Crippen LogP contribution in [0.15, 0.2) is 78.9 Å². The van der Waals surface area contributed by atoms with Crippen LogP contribution in [0.3, 0.4) is 0 Å². The number of rotatable bonds is 8. The van der Waals surface area contributed by atoms with Crippen molar-refractivity contribution in [3.8, 4) is 0 Å². The average molecular weight is 445 g/mol. The molecule has 3 rings (SSSR count). The second-order valence-electron chi connectivity index (χ2n) is 7.91. The number of nitrogens with zero attached hydrogens (tertiary/aromatic N) is 2. The maximum Gasteiger partial charge on any atom is 0.253 e. The summed E-state index contributed by atoms with van der Waals surface area (Å²) in [5.74, 6) is -0.433. The number of nitrogens with one attached hydrogen (secondary N) is 2. The van der Waals surface area contributed by atoms with Gasteiger partial charge in [-0.3, -0.25) is 14.4 Å². The van der Waals surface area contributed by atoms with Gasteiger partial charge in [0.2, 0.25) is 5.91 Å². The summed E-state index contributed by atoms with van der Waals surface area (Å²) in [6, 6.07) is 23.6. The van der Waals surface area contributed by atoms with E-state index in [4.69, 9.17) is 0 Å². The molecule has 2 N–H and O–H groups in total. The van der Waals surface area contributed by atoms with E-state index in [1.165, 1.54) is 4.90 Å². The molecule has 0 saturated carbocycles. The van der Waals surface area contributed by atoms with E-state index < -0.39 is 0 Å². The van der Waals surface area contributed by atoms with Crippen molar-refractivity contribution in [3.63, 3.8) is 0 Å². The van der Waals surface area contributed by atoms with Crippen LogP contribution in [-0.4, -0.2) is 55.2 Å². The second-order valence-corrected chi connectivity index (χ2v) is 7.91. The zero-order valence-corrected chi connectivity index (χ0v) is 19.0. The standard InChI is InChI=1S/C26H28N4O3/c1-29(2)25(32)20-12-14-22(15-13-20)28-24(31)17-27-23-11-7-10-21(16-23)26(33)30(3)18-19-8-5-4-6-9-19/h4-16,27H,17-18H2,1-3H3,(H,28,31). The van der Waals surface area contributed by atoms with E-state index in [9.17, 15) is 14.4 Å². The molecule has 170 valence electrons. The minimum Gasteiger partial charge on any atom is -0.376 e. The van der Waals surface area contributed by atoms with Gasteiger partial charge >= 0.3 is 0 Å². The predicted molar refractivity (Wildman–Crippen MR) is 130 cm³/mol. The van der Waals surface area contributed by atoms with Crippen molar-refractivity contribution in [2.24, 2.45) is 0 Å². The van der Waals surface area contributed by atoms with Gasteiger partial charge < -0.3 is 20.4 Å². The van der Waals surface area contributed by atoms with Crippen molar-refractivity contribution in [2.45, 2.75) is 6.54 Å². The van der Waals surface area contributed by atoms with Crippen LogP contribution in [0.4, 0.5) is 11.4 Å². The van der Waals surface area contributed by atoms with Gasteiger partial charge in [0, 0.05) is 50.2 Å². The van der Waals surface area contributed by atoms with Crippen LogP contribution in [0.25, 0.3) is 0 Å². The first-order valence-electron chi connectivity index (χ1n) is 10.6. The number of anilines is 2. The highest BCUT2D eigenvalue weighted by molar-refractivity contribution is 5.97. The Hall–Kier alpha value is -4.13. The fourth-order valence-electron chi connectivity index (χ4n) is 3.25. The maximum absolute atomic E-state index is 12.8. The summed E-state index contributed by atoms with van der Waals surface area (Å²) < 4.78 is 0. The van der Waals surface area contributed by atoms with Crippen molar-refractivity contribution in [1.82, 2.24) is 9.80 Å².